The van der Waals surface area contributed by atoms with Crippen molar-refractivity contribution in [2.45, 2.75) is 84.0 Å². The summed E-state index contributed by atoms with van der Waals surface area (Å²) in [7, 11) is 0. The van der Waals surface area contributed by atoms with Crippen LogP contribution in [0, 0.1) is 11.8 Å². The fourth-order valence-electron chi connectivity index (χ4n) is 3.46. The van der Waals surface area contributed by atoms with Gasteiger partial charge in [0, 0.05) is 6.42 Å². The largest absolute Gasteiger partial charge is 0.481 e. The minimum atomic E-state index is -1.18. The van der Waals surface area contributed by atoms with Crippen LogP contribution < -0.4 is 21.3 Å². The van der Waals surface area contributed by atoms with Gasteiger partial charge in [-0.3, -0.25) is 19.2 Å². The second-order valence-electron chi connectivity index (χ2n) is 8.90. The zero-order valence-corrected chi connectivity index (χ0v) is 19.1. The highest BCUT2D eigenvalue weighted by atomic mass is 16.4. The van der Waals surface area contributed by atoms with Gasteiger partial charge in [-0.2, -0.15) is 0 Å². The highest BCUT2D eigenvalue weighted by molar-refractivity contribution is 5.94. The molecule has 0 aromatic carbocycles. The van der Waals surface area contributed by atoms with Crippen LogP contribution in [0.2, 0.25) is 0 Å². The third kappa shape index (κ3) is 9.21. The predicted molar refractivity (Wildman–Crippen MR) is 116 cm³/mol. The quantitative estimate of drug-likeness (QED) is 0.222. The van der Waals surface area contributed by atoms with Gasteiger partial charge in [0.2, 0.25) is 17.7 Å². The van der Waals surface area contributed by atoms with E-state index in [9.17, 15) is 29.1 Å². The molecule has 0 aromatic heterocycles. The summed E-state index contributed by atoms with van der Waals surface area (Å²) in [6, 6.07) is -3.74. The normalized spacial score (nSPS) is 18.6. The van der Waals surface area contributed by atoms with Gasteiger partial charge in [-0.05, 0) is 44.1 Å². The van der Waals surface area contributed by atoms with E-state index in [1.165, 1.54) is 0 Å². The van der Waals surface area contributed by atoms with E-state index >= 15 is 0 Å². The molecule has 0 radical (unpaired) electrons. The number of carboxylic acid groups (broad SMARTS) is 2. The van der Waals surface area contributed by atoms with Gasteiger partial charge in [-0.1, -0.05) is 27.7 Å². The molecule has 1 heterocycles. The van der Waals surface area contributed by atoms with Crippen molar-refractivity contribution < 1.29 is 34.2 Å². The Kier molecular flexibility index (Phi) is 11.1. The van der Waals surface area contributed by atoms with E-state index in [4.69, 9.17) is 5.11 Å². The molecule has 11 nitrogen and oxygen atoms in total. The number of carbonyl (C=O) groups is 5. The van der Waals surface area contributed by atoms with E-state index in [1.807, 2.05) is 13.8 Å². The average molecular weight is 457 g/mol. The number of hydrogen-bond donors (Lipinski definition) is 6. The van der Waals surface area contributed by atoms with Crippen molar-refractivity contribution in [1.82, 2.24) is 21.3 Å². The molecular weight excluding hydrogens is 420 g/mol. The summed E-state index contributed by atoms with van der Waals surface area (Å²) in [5.41, 5.74) is 0. The maximum Gasteiger partial charge on any atom is 0.326 e. The molecule has 0 aromatic rings. The van der Waals surface area contributed by atoms with E-state index in [0.717, 1.165) is 6.42 Å². The number of nitrogens with one attached hydrogen (secondary N) is 4. The van der Waals surface area contributed by atoms with Crippen molar-refractivity contribution in [3.63, 3.8) is 0 Å². The van der Waals surface area contributed by atoms with Gasteiger partial charge in [-0.25, -0.2) is 4.79 Å². The van der Waals surface area contributed by atoms with Gasteiger partial charge in [0.15, 0.2) is 0 Å². The second kappa shape index (κ2) is 13.0. The van der Waals surface area contributed by atoms with Crippen molar-refractivity contribution in [2.75, 3.05) is 6.54 Å². The molecule has 1 aliphatic heterocycles. The van der Waals surface area contributed by atoms with Crippen LogP contribution >= 0.6 is 0 Å². The van der Waals surface area contributed by atoms with E-state index in [2.05, 4.69) is 21.3 Å². The van der Waals surface area contributed by atoms with E-state index in [1.54, 1.807) is 13.8 Å². The molecule has 4 unspecified atom stereocenters. The van der Waals surface area contributed by atoms with Crippen molar-refractivity contribution >= 4 is 29.7 Å². The highest BCUT2D eigenvalue weighted by Crippen LogP contribution is 2.10. The molecule has 1 rings (SSSR count). The Hall–Kier alpha value is -2.69. The first-order valence-corrected chi connectivity index (χ1v) is 11.0. The van der Waals surface area contributed by atoms with Gasteiger partial charge >= 0.3 is 11.9 Å². The number of carboxylic acids is 2. The van der Waals surface area contributed by atoms with Crippen LogP contribution in [0.1, 0.15) is 59.8 Å². The predicted octanol–water partition coefficient (Wildman–Crippen LogP) is -0.156. The smallest absolute Gasteiger partial charge is 0.326 e. The first-order chi connectivity index (χ1) is 14.9. The minimum Gasteiger partial charge on any atom is -0.481 e. The molecule has 32 heavy (non-hydrogen) atoms. The highest BCUT2D eigenvalue weighted by Gasteiger charge is 2.32. The lowest BCUT2D eigenvalue weighted by atomic mass is 9.99. The molecule has 0 bridgehead atoms. The molecule has 1 aliphatic rings. The summed E-state index contributed by atoms with van der Waals surface area (Å²) < 4.78 is 0. The average Bonchev–Trinajstić information content (AvgIpc) is 3.22. The molecule has 0 spiro atoms. The molecule has 6 N–H and O–H groups in total. The standard InChI is InChI=1S/C21H36N4O7/c1-11(2)10-15(20(30)25-17(12(3)4)21(31)32)24-19(29)14(7-8-16(26)27)23-18(28)13-6-5-9-22-13/h11-15,17,22H,5-10H2,1-4H3,(H,23,28)(H,24,29)(H,25,30)(H,26,27)(H,31,32). The number of rotatable bonds is 13. The van der Waals surface area contributed by atoms with Gasteiger partial charge < -0.3 is 31.5 Å². The molecule has 1 saturated heterocycles. The van der Waals surface area contributed by atoms with Crippen LogP contribution in [-0.4, -0.2) is 70.6 Å². The van der Waals surface area contributed by atoms with Crippen molar-refractivity contribution in [1.29, 1.82) is 0 Å². The molecule has 0 aliphatic carbocycles. The SMILES string of the molecule is CC(C)CC(NC(=O)C(CCC(=O)O)NC(=O)C1CCCN1)C(=O)NC(C(=O)O)C(C)C. The Morgan fingerprint density at radius 1 is 0.938 bits per heavy atom. The van der Waals surface area contributed by atoms with Crippen LogP contribution in [-0.2, 0) is 24.0 Å². The van der Waals surface area contributed by atoms with Gasteiger partial charge in [0.25, 0.3) is 0 Å². The third-order valence-corrected chi connectivity index (χ3v) is 5.23. The molecule has 1 fully saturated rings. The second-order valence-corrected chi connectivity index (χ2v) is 8.90. The van der Waals surface area contributed by atoms with E-state index in [-0.39, 0.29) is 31.1 Å². The molecular formula is C21H36N4O7. The van der Waals surface area contributed by atoms with Crippen LogP contribution in [0.4, 0.5) is 0 Å². The number of aliphatic carboxylic acids is 2. The zero-order chi connectivity index (χ0) is 24.4. The summed E-state index contributed by atoms with van der Waals surface area (Å²) in [5, 5.41) is 29.0. The zero-order valence-electron chi connectivity index (χ0n) is 19.1. The maximum atomic E-state index is 12.9. The Bertz CT molecular complexity index is 690. The lowest BCUT2D eigenvalue weighted by Gasteiger charge is -2.26. The number of carbonyl (C=O) groups excluding carboxylic acids is 3. The van der Waals surface area contributed by atoms with E-state index in [0.29, 0.717) is 13.0 Å². The molecule has 4 atom stereocenters. The molecule has 3 amide bonds. The van der Waals surface area contributed by atoms with E-state index < -0.39 is 53.8 Å². The van der Waals surface area contributed by atoms with Crippen LogP contribution in [0.25, 0.3) is 0 Å². The lowest BCUT2D eigenvalue weighted by Crippen LogP contribution is -2.57. The summed E-state index contributed by atoms with van der Waals surface area (Å²) in [6.45, 7) is 7.69. The van der Waals surface area contributed by atoms with Gasteiger partial charge in [0.05, 0.1) is 6.04 Å². The van der Waals surface area contributed by atoms with Crippen molar-refractivity contribution in [3.05, 3.63) is 0 Å². The number of amides is 3. The lowest BCUT2D eigenvalue weighted by molar-refractivity contribution is -0.143. The van der Waals surface area contributed by atoms with Crippen LogP contribution in [0.5, 0.6) is 0 Å². The summed E-state index contributed by atoms with van der Waals surface area (Å²) in [5.74, 6) is -4.39. The van der Waals surface area contributed by atoms with Crippen molar-refractivity contribution in [2.24, 2.45) is 11.8 Å². The molecule has 0 saturated carbocycles. The Morgan fingerprint density at radius 2 is 1.56 bits per heavy atom. The Labute approximate surface area is 188 Å². The third-order valence-electron chi connectivity index (χ3n) is 5.23. The summed E-state index contributed by atoms with van der Waals surface area (Å²) in [6.07, 6.45) is 1.20. The maximum absolute atomic E-state index is 12.9. The van der Waals surface area contributed by atoms with Crippen LogP contribution in [0.15, 0.2) is 0 Å². The fraction of sp³-hybridized carbons (Fsp3) is 0.762. The summed E-state index contributed by atoms with van der Waals surface area (Å²) in [4.78, 5) is 60.6. The van der Waals surface area contributed by atoms with Crippen LogP contribution in [0.3, 0.4) is 0 Å². The topological polar surface area (TPSA) is 174 Å². The summed E-state index contributed by atoms with van der Waals surface area (Å²) >= 11 is 0. The first-order valence-electron chi connectivity index (χ1n) is 11.0. The molecule has 182 valence electrons. The number of hydrogen-bond acceptors (Lipinski definition) is 6. The van der Waals surface area contributed by atoms with Crippen molar-refractivity contribution in [3.8, 4) is 0 Å². The van der Waals surface area contributed by atoms with Gasteiger partial charge in [0.1, 0.15) is 18.1 Å². The monoisotopic (exact) mass is 456 g/mol. The molecule has 11 heteroatoms. The fourth-order valence-corrected chi connectivity index (χ4v) is 3.46. The first kappa shape index (κ1) is 27.3. The van der Waals surface area contributed by atoms with Gasteiger partial charge in [-0.15, -0.1) is 0 Å². The Balaban J connectivity index is 2.94. The minimum absolute atomic E-state index is 0.00290. The Morgan fingerprint density at radius 3 is 2.03 bits per heavy atom.